The molecule has 0 radical (unpaired) electrons. The summed E-state index contributed by atoms with van der Waals surface area (Å²) in [5.74, 6) is -0.0872. The molecule has 0 aliphatic rings. The lowest BCUT2D eigenvalue weighted by molar-refractivity contribution is -0.119. The van der Waals surface area contributed by atoms with Gasteiger partial charge in [-0.2, -0.15) is 5.10 Å². The van der Waals surface area contributed by atoms with Gasteiger partial charge >= 0.3 is 0 Å². The number of rotatable bonds is 8. The molecule has 3 aromatic rings. The van der Waals surface area contributed by atoms with E-state index in [9.17, 15) is 9.59 Å². The van der Waals surface area contributed by atoms with E-state index in [1.54, 1.807) is 41.2 Å². The molecule has 9 heteroatoms. The number of carbonyl (C=O) groups is 2. The van der Waals surface area contributed by atoms with Gasteiger partial charge in [-0.25, -0.2) is 9.67 Å². The van der Waals surface area contributed by atoms with Crippen molar-refractivity contribution in [3.63, 3.8) is 0 Å². The lowest BCUT2D eigenvalue weighted by Gasteiger charge is -2.26. The smallest absolute Gasteiger partial charge is 0.255 e. The van der Waals surface area contributed by atoms with Gasteiger partial charge in [0.1, 0.15) is 12.7 Å². The minimum atomic E-state index is -0.597. The Morgan fingerprint density at radius 2 is 1.90 bits per heavy atom. The molecule has 0 spiro atoms. The number of ether oxygens (including phenoxy) is 2. The van der Waals surface area contributed by atoms with Crippen molar-refractivity contribution < 1.29 is 19.1 Å². The van der Waals surface area contributed by atoms with Crippen LogP contribution in [0.15, 0.2) is 55.1 Å². The average molecular weight is 409 g/mol. The normalized spacial score (nSPS) is 11.6. The summed E-state index contributed by atoms with van der Waals surface area (Å²) in [6.07, 6.45) is 3.10. The second-order valence-electron chi connectivity index (χ2n) is 6.64. The number of aromatic nitrogens is 3. The number of amides is 2. The molecule has 30 heavy (non-hydrogen) atoms. The topological polar surface area (TPSA) is 113 Å². The van der Waals surface area contributed by atoms with Crippen LogP contribution >= 0.6 is 0 Å². The zero-order chi connectivity index (χ0) is 21.7. The van der Waals surface area contributed by atoms with Gasteiger partial charge in [0.05, 0.1) is 18.8 Å². The van der Waals surface area contributed by atoms with Gasteiger partial charge in [-0.3, -0.25) is 9.59 Å². The van der Waals surface area contributed by atoms with Crippen molar-refractivity contribution in [2.24, 2.45) is 5.73 Å². The third-order valence-electron chi connectivity index (χ3n) is 4.74. The summed E-state index contributed by atoms with van der Waals surface area (Å²) in [6.45, 7) is 1.68. The highest BCUT2D eigenvalue weighted by atomic mass is 16.5. The summed E-state index contributed by atoms with van der Waals surface area (Å²) in [6, 6.07) is 12.4. The molecule has 2 aromatic carbocycles. The number of primary amides is 1. The Morgan fingerprint density at radius 3 is 2.50 bits per heavy atom. The van der Waals surface area contributed by atoms with Crippen molar-refractivity contribution >= 4 is 11.8 Å². The Bertz CT molecular complexity index is 1020. The summed E-state index contributed by atoms with van der Waals surface area (Å²) in [5.41, 5.74) is 7.40. The van der Waals surface area contributed by atoms with E-state index in [1.807, 2.05) is 31.2 Å². The van der Waals surface area contributed by atoms with Crippen molar-refractivity contribution in [2.75, 3.05) is 20.8 Å². The van der Waals surface area contributed by atoms with Gasteiger partial charge in [-0.05, 0) is 42.8 Å². The fraction of sp³-hybridized carbons (Fsp3) is 0.238. The summed E-state index contributed by atoms with van der Waals surface area (Å²) in [7, 11) is 3.20. The first kappa shape index (κ1) is 20.8. The Kier molecular flexibility index (Phi) is 6.31. The van der Waals surface area contributed by atoms with Crippen molar-refractivity contribution in [3.8, 4) is 17.2 Å². The van der Waals surface area contributed by atoms with Gasteiger partial charge in [0.15, 0.2) is 18.1 Å². The standard InChI is InChI=1S/C21H23N5O4/c1-14(15-4-7-17(8-5-15)26-13-23-12-24-26)25(2)21(28)16-6-9-18(19(10-16)29-3)30-11-20(22)27/h4-10,12-14H,11H2,1-3H3,(H2,22,27)/t14-/m0/s1. The molecule has 1 heterocycles. The first-order chi connectivity index (χ1) is 14.4. The van der Waals surface area contributed by atoms with Crippen LogP contribution < -0.4 is 15.2 Å². The molecule has 2 N–H and O–H groups in total. The SMILES string of the molecule is COc1cc(C(=O)N(C)[C@@H](C)c2ccc(-n3cncn3)cc2)ccc1OCC(N)=O. The Balaban J connectivity index is 1.74. The van der Waals surface area contributed by atoms with Crippen molar-refractivity contribution in [2.45, 2.75) is 13.0 Å². The van der Waals surface area contributed by atoms with Gasteiger partial charge in [0, 0.05) is 12.6 Å². The van der Waals surface area contributed by atoms with Crippen LogP contribution in [-0.4, -0.2) is 52.2 Å². The highest BCUT2D eigenvalue weighted by Crippen LogP contribution is 2.30. The molecule has 0 fully saturated rings. The molecule has 0 bridgehead atoms. The highest BCUT2D eigenvalue weighted by molar-refractivity contribution is 5.95. The van der Waals surface area contributed by atoms with Crippen molar-refractivity contribution in [1.29, 1.82) is 0 Å². The Labute approximate surface area is 174 Å². The first-order valence-corrected chi connectivity index (χ1v) is 9.22. The summed E-state index contributed by atoms with van der Waals surface area (Å²) < 4.78 is 12.3. The summed E-state index contributed by atoms with van der Waals surface area (Å²) in [4.78, 5) is 29.5. The van der Waals surface area contributed by atoms with Crippen LogP contribution in [0.1, 0.15) is 28.9 Å². The van der Waals surface area contributed by atoms with Gasteiger partial charge < -0.3 is 20.1 Å². The summed E-state index contributed by atoms with van der Waals surface area (Å²) in [5, 5.41) is 4.10. The number of nitrogens with two attached hydrogens (primary N) is 1. The van der Waals surface area contributed by atoms with Crippen LogP contribution in [0.25, 0.3) is 5.69 Å². The fourth-order valence-corrected chi connectivity index (χ4v) is 2.92. The minimum absolute atomic E-state index is 0.168. The van der Waals surface area contributed by atoms with E-state index >= 15 is 0 Å². The molecule has 1 aromatic heterocycles. The lowest BCUT2D eigenvalue weighted by atomic mass is 10.1. The minimum Gasteiger partial charge on any atom is -0.493 e. The maximum atomic E-state index is 13.0. The molecule has 0 saturated heterocycles. The maximum Gasteiger partial charge on any atom is 0.255 e. The van der Waals surface area contributed by atoms with Crippen LogP contribution in [0.5, 0.6) is 11.5 Å². The molecule has 2 amide bonds. The van der Waals surface area contributed by atoms with E-state index in [0.717, 1.165) is 11.3 Å². The number of nitrogens with zero attached hydrogens (tertiary/aromatic N) is 4. The third-order valence-corrected chi connectivity index (χ3v) is 4.74. The molecular weight excluding hydrogens is 386 g/mol. The van der Waals surface area contributed by atoms with Gasteiger partial charge in [-0.1, -0.05) is 12.1 Å². The maximum absolute atomic E-state index is 13.0. The Morgan fingerprint density at radius 1 is 1.17 bits per heavy atom. The first-order valence-electron chi connectivity index (χ1n) is 9.22. The van der Waals surface area contributed by atoms with E-state index in [1.165, 1.54) is 13.4 Å². The van der Waals surface area contributed by atoms with Crippen LogP contribution in [0, 0.1) is 0 Å². The molecule has 3 rings (SSSR count). The van der Waals surface area contributed by atoms with Crippen LogP contribution in [0.2, 0.25) is 0 Å². The van der Waals surface area contributed by atoms with Crippen molar-refractivity contribution in [1.82, 2.24) is 19.7 Å². The monoisotopic (exact) mass is 409 g/mol. The second-order valence-corrected chi connectivity index (χ2v) is 6.64. The second kappa shape index (κ2) is 9.08. The van der Waals surface area contributed by atoms with Gasteiger partial charge in [-0.15, -0.1) is 0 Å². The van der Waals surface area contributed by atoms with E-state index in [-0.39, 0.29) is 18.6 Å². The number of hydrogen-bond acceptors (Lipinski definition) is 6. The number of methoxy groups -OCH3 is 1. The molecule has 0 saturated carbocycles. The fourth-order valence-electron chi connectivity index (χ4n) is 2.92. The van der Waals surface area contributed by atoms with E-state index in [0.29, 0.717) is 17.1 Å². The zero-order valence-corrected chi connectivity index (χ0v) is 17.0. The molecule has 0 unspecified atom stereocenters. The van der Waals surface area contributed by atoms with Gasteiger partial charge in [0.25, 0.3) is 11.8 Å². The lowest BCUT2D eigenvalue weighted by Crippen LogP contribution is -2.29. The van der Waals surface area contributed by atoms with Gasteiger partial charge in [0.2, 0.25) is 0 Å². The summed E-state index contributed by atoms with van der Waals surface area (Å²) >= 11 is 0. The number of benzene rings is 2. The van der Waals surface area contributed by atoms with Crippen LogP contribution in [0.4, 0.5) is 0 Å². The van der Waals surface area contributed by atoms with Crippen LogP contribution in [0.3, 0.4) is 0 Å². The molecular formula is C21H23N5O4. The Hall–Kier alpha value is -3.88. The predicted octanol–water partition coefficient (Wildman–Crippen LogP) is 1.97. The molecule has 0 aliphatic heterocycles. The largest absolute Gasteiger partial charge is 0.493 e. The van der Waals surface area contributed by atoms with E-state index < -0.39 is 5.91 Å². The average Bonchev–Trinajstić information content (AvgIpc) is 3.31. The molecule has 156 valence electrons. The van der Waals surface area contributed by atoms with E-state index in [2.05, 4.69) is 10.1 Å². The van der Waals surface area contributed by atoms with Crippen molar-refractivity contribution in [3.05, 3.63) is 66.2 Å². The number of hydrogen-bond donors (Lipinski definition) is 1. The quantitative estimate of drug-likeness (QED) is 0.609. The predicted molar refractivity (Wildman–Crippen MR) is 110 cm³/mol. The van der Waals surface area contributed by atoms with E-state index in [4.69, 9.17) is 15.2 Å². The number of carbonyl (C=O) groups excluding carboxylic acids is 2. The van der Waals surface area contributed by atoms with Crippen LogP contribution in [-0.2, 0) is 4.79 Å². The molecule has 9 nitrogen and oxygen atoms in total. The highest BCUT2D eigenvalue weighted by Gasteiger charge is 2.20. The molecule has 1 atom stereocenters. The third kappa shape index (κ3) is 4.57. The molecule has 0 aliphatic carbocycles. The zero-order valence-electron chi connectivity index (χ0n) is 17.0.